The number of H-pyrrole nitrogens is 1. The van der Waals surface area contributed by atoms with Crippen molar-refractivity contribution in [2.75, 3.05) is 50.8 Å². The summed E-state index contributed by atoms with van der Waals surface area (Å²) in [5.74, 6) is 1.34. The van der Waals surface area contributed by atoms with Crippen LogP contribution in [0.3, 0.4) is 0 Å². The van der Waals surface area contributed by atoms with Crippen molar-refractivity contribution in [3.8, 4) is 17.1 Å². The van der Waals surface area contributed by atoms with Crippen molar-refractivity contribution in [2.24, 2.45) is 0 Å². The maximum Gasteiger partial charge on any atom is 0.277 e. The van der Waals surface area contributed by atoms with Crippen molar-refractivity contribution >= 4 is 21.2 Å². The van der Waals surface area contributed by atoms with Crippen LogP contribution in [-0.4, -0.2) is 78.8 Å². The number of para-hydroxylation sites is 1. The zero-order chi connectivity index (χ0) is 29.7. The van der Waals surface area contributed by atoms with Crippen LogP contribution >= 0.6 is 0 Å². The Morgan fingerprint density at radius 2 is 1.81 bits per heavy atom. The normalized spacial score (nSPS) is 14.5. The van der Waals surface area contributed by atoms with Crippen LogP contribution in [-0.2, 0) is 16.4 Å². The number of hydrogen-bond acceptors (Lipinski definition) is 8. The topological polar surface area (TPSA) is 125 Å². The molecule has 0 amide bonds. The first kappa shape index (κ1) is 29.7. The predicted octanol–water partition coefficient (Wildman–Crippen LogP) is 3.23. The Hall–Kier alpha value is -3.74. The zero-order valence-corrected chi connectivity index (χ0v) is 25.3. The van der Waals surface area contributed by atoms with Gasteiger partial charge in [0.05, 0.1) is 22.8 Å². The lowest BCUT2D eigenvalue weighted by Crippen LogP contribution is -2.47. The Bertz CT molecular complexity index is 1680. The largest absolute Gasteiger partial charge is 0.493 e. The fourth-order valence-electron chi connectivity index (χ4n) is 5.35. The molecule has 2 aromatic heterocycles. The number of nitrogens with zero attached hydrogens (tertiary/aromatic N) is 5. The highest BCUT2D eigenvalue weighted by Gasteiger charge is 2.21. The molecule has 42 heavy (non-hydrogen) atoms. The number of nitrogens with one attached hydrogen (secondary N) is 2. The number of anilines is 1. The third-order valence-electron chi connectivity index (χ3n) is 7.47. The van der Waals surface area contributed by atoms with Gasteiger partial charge < -0.3 is 14.6 Å². The highest BCUT2D eigenvalue weighted by Crippen LogP contribution is 2.30. The average molecular weight is 594 g/mol. The number of piperazine rings is 1. The number of aromatic nitrogens is 4. The van der Waals surface area contributed by atoms with E-state index in [-0.39, 0.29) is 16.3 Å². The Morgan fingerprint density at radius 3 is 2.52 bits per heavy atom. The van der Waals surface area contributed by atoms with E-state index in [2.05, 4.69) is 53.9 Å². The number of fused-ring (bicyclic) bond motifs is 1. The molecule has 5 rings (SSSR count). The van der Waals surface area contributed by atoms with Crippen LogP contribution in [0.25, 0.3) is 16.9 Å². The molecule has 2 aromatic carbocycles. The summed E-state index contributed by atoms with van der Waals surface area (Å²) in [5, 5.41) is 4.66. The van der Waals surface area contributed by atoms with Crippen molar-refractivity contribution < 1.29 is 13.2 Å². The Balaban J connectivity index is 1.27. The molecule has 0 unspecified atom stereocenters. The summed E-state index contributed by atoms with van der Waals surface area (Å²) in [5.41, 5.74) is 2.27. The molecule has 0 bridgehead atoms. The molecule has 0 saturated carbocycles. The van der Waals surface area contributed by atoms with E-state index >= 15 is 0 Å². The minimum absolute atomic E-state index is 0.0794. The molecule has 0 aliphatic carbocycles. The highest BCUT2D eigenvalue weighted by molar-refractivity contribution is 7.89. The quantitative estimate of drug-likeness (QED) is 0.240. The Morgan fingerprint density at radius 1 is 1.05 bits per heavy atom. The van der Waals surface area contributed by atoms with Crippen molar-refractivity contribution in [3.05, 3.63) is 70.4 Å². The molecule has 1 aliphatic heterocycles. The summed E-state index contributed by atoms with van der Waals surface area (Å²) >= 11 is 0. The molecule has 4 aromatic rings. The van der Waals surface area contributed by atoms with Crippen molar-refractivity contribution in [3.63, 3.8) is 0 Å². The van der Waals surface area contributed by atoms with E-state index < -0.39 is 10.0 Å². The minimum Gasteiger partial charge on any atom is -0.493 e. The fraction of sp³-hybridized carbons (Fsp3) is 0.433. The molecular weight excluding hydrogens is 554 g/mol. The van der Waals surface area contributed by atoms with Gasteiger partial charge in [-0.15, -0.1) is 5.10 Å². The SMILES string of the molecule is CCCc1nc(C)c2c(=O)[nH]c(-c3cc(S(=O)(=O)NCCCN4CCN(c5ccccc5)CC4)ccc3OCC)nn12. The zero-order valence-electron chi connectivity index (χ0n) is 24.5. The van der Waals surface area contributed by atoms with E-state index in [1.165, 1.54) is 17.8 Å². The first-order valence-electron chi connectivity index (χ1n) is 14.6. The smallest absolute Gasteiger partial charge is 0.277 e. The van der Waals surface area contributed by atoms with E-state index in [4.69, 9.17) is 4.74 Å². The summed E-state index contributed by atoms with van der Waals surface area (Å²) < 4.78 is 36.6. The number of ether oxygens (including phenoxy) is 1. The molecule has 1 saturated heterocycles. The lowest BCUT2D eigenvalue weighted by molar-refractivity contribution is 0.255. The van der Waals surface area contributed by atoms with E-state index in [0.717, 1.165) is 39.1 Å². The van der Waals surface area contributed by atoms with Crippen LogP contribution in [0.15, 0.2) is 58.2 Å². The Kier molecular flexibility index (Phi) is 9.24. The molecule has 11 nitrogen and oxygen atoms in total. The van der Waals surface area contributed by atoms with Crippen molar-refractivity contribution in [1.29, 1.82) is 0 Å². The van der Waals surface area contributed by atoms with Gasteiger partial charge in [0.25, 0.3) is 5.56 Å². The molecular formula is C30H39N7O4S. The maximum absolute atomic E-state index is 13.3. The number of rotatable bonds is 12. The first-order chi connectivity index (χ1) is 20.3. The van der Waals surface area contributed by atoms with Gasteiger partial charge in [0.2, 0.25) is 10.0 Å². The molecule has 1 fully saturated rings. The third-order valence-corrected chi connectivity index (χ3v) is 8.93. The maximum atomic E-state index is 13.3. The summed E-state index contributed by atoms with van der Waals surface area (Å²) in [6, 6.07) is 15.0. The van der Waals surface area contributed by atoms with E-state index in [1.54, 1.807) is 17.5 Å². The predicted molar refractivity (Wildman–Crippen MR) is 164 cm³/mol. The number of benzene rings is 2. The molecule has 12 heteroatoms. The van der Waals surface area contributed by atoms with Crippen molar-refractivity contribution in [2.45, 2.75) is 44.9 Å². The summed E-state index contributed by atoms with van der Waals surface area (Å²) in [4.78, 5) is 25.2. The second-order valence-corrected chi connectivity index (χ2v) is 12.2. The number of imidazole rings is 1. The van der Waals surface area contributed by atoms with Gasteiger partial charge in [0.15, 0.2) is 11.3 Å². The van der Waals surface area contributed by atoms with Gasteiger partial charge >= 0.3 is 0 Å². The first-order valence-corrected chi connectivity index (χ1v) is 16.1. The van der Waals surface area contributed by atoms with E-state index in [9.17, 15) is 13.2 Å². The van der Waals surface area contributed by atoms with Crippen LogP contribution in [0, 0.1) is 6.92 Å². The van der Waals surface area contributed by atoms with E-state index in [0.29, 0.717) is 54.3 Å². The van der Waals surface area contributed by atoms with Gasteiger partial charge in [0.1, 0.15) is 11.6 Å². The van der Waals surface area contributed by atoms with Gasteiger partial charge in [-0.2, -0.15) is 0 Å². The molecule has 3 heterocycles. The number of hydrogen-bond donors (Lipinski definition) is 2. The number of aromatic amines is 1. The van der Waals surface area contributed by atoms with Gasteiger partial charge in [-0.25, -0.2) is 22.6 Å². The van der Waals surface area contributed by atoms with Crippen LogP contribution in [0.4, 0.5) is 5.69 Å². The highest BCUT2D eigenvalue weighted by atomic mass is 32.2. The second kappa shape index (κ2) is 13.1. The standard InChI is InChI=1S/C30H39N7O4S/c1-4-10-27-32-22(3)28-30(38)33-29(34-37(27)28)25-21-24(13-14-26(25)41-5-2)42(39,40)31-15-9-16-35-17-19-36(20-18-35)23-11-7-6-8-12-23/h6-8,11-14,21,31H,4-5,9-10,15-20H2,1-3H3,(H,33,34,38). The molecule has 1 aliphatic rings. The lowest BCUT2D eigenvalue weighted by Gasteiger charge is -2.36. The second-order valence-electron chi connectivity index (χ2n) is 10.4. The van der Waals surface area contributed by atoms with Gasteiger partial charge in [-0.1, -0.05) is 25.1 Å². The molecule has 0 atom stereocenters. The van der Waals surface area contributed by atoms with Crippen LogP contribution < -0.4 is 19.9 Å². The minimum atomic E-state index is -3.81. The van der Waals surface area contributed by atoms with Crippen LogP contribution in [0.5, 0.6) is 5.75 Å². The van der Waals surface area contributed by atoms with Gasteiger partial charge in [-0.3, -0.25) is 9.69 Å². The number of aryl methyl sites for hydroxylation is 2. The summed E-state index contributed by atoms with van der Waals surface area (Å²) in [7, 11) is -3.81. The average Bonchev–Trinajstić information content (AvgIpc) is 3.31. The molecule has 0 spiro atoms. The van der Waals surface area contributed by atoms with Crippen LogP contribution in [0.2, 0.25) is 0 Å². The van der Waals surface area contributed by atoms with E-state index in [1.807, 2.05) is 19.9 Å². The Labute approximate surface area is 246 Å². The van der Waals surface area contributed by atoms with Crippen molar-refractivity contribution in [1.82, 2.24) is 29.2 Å². The molecule has 0 radical (unpaired) electrons. The van der Waals surface area contributed by atoms with Gasteiger partial charge in [0, 0.05) is 44.8 Å². The van der Waals surface area contributed by atoms with Crippen LogP contribution in [0.1, 0.15) is 38.2 Å². The summed E-state index contributed by atoms with van der Waals surface area (Å²) in [6.45, 7) is 10.9. The fourth-order valence-corrected chi connectivity index (χ4v) is 6.45. The molecule has 2 N–H and O–H groups in total. The van der Waals surface area contributed by atoms with Gasteiger partial charge in [-0.05, 0) is 63.6 Å². The third kappa shape index (κ3) is 6.50. The number of sulfonamides is 1. The monoisotopic (exact) mass is 593 g/mol. The summed E-state index contributed by atoms with van der Waals surface area (Å²) in [6.07, 6.45) is 2.19. The lowest BCUT2D eigenvalue weighted by atomic mass is 10.2. The molecule has 224 valence electrons.